The van der Waals surface area contributed by atoms with Crippen molar-refractivity contribution in [2.24, 2.45) is 0 Å². The molecule has 17 heavy (non-hydrogen) atoms. The second-order valence-corrected chi connectivity index (χ2v) is 3.11. The minimum Gasteiger partial charge on any atom is -0.380 e. The molecule has 0 aliphatic rings. The lowest BCUT2D eigenvalue weighted by molar-refractivity contribution is -0.389. The molecule has 1 rings (SSSR count). The van der Waals surface area contributed by atoms with Gasteiger partial charge in [-0.3, -0.25) is 4.79 Å². The van der Waals surface area contributed by atoms with Crippen molar-refractivity contribution in [1.82, 2.24) is 10.3 Å². The first-order valence-electron chi connectivity index (χ1n) is 5.11. The predicted octanol–water partition coefficient (Wildman–Crippen LogP) is 0.756. The van der Waals surface area contributed by atoms with E-state index < -0.39 is 4.92 Å². The molecule has 1 aromatic heterocycles. The molecule has 92 valence electrons. The van der Waals surface area contributed by atoms with Crippen molar-refractivity contribution in [3.05, 3.63) is 34.0 Å². The molecule has 0 aromatic carbocycles. The van der Waals surface area contributed by atoms with Gasteiger partial charge in [0.05, 0.1) is 12.2 Å². The van der Waals surface area contributed by atoms with Crippen molar-refractivity contribution in [3.63, 3.8) is 0 Å². The molecule has 0 atom stereocenters. The number of carbonyl (C=O) groups is 1. The zero-order valence-electron chi connectivity index (χ0n) is 9.38. The number of hydrogen-bond acceptors (Lipinski definition) is 5. The van der Waals surface area contributed by atoms with Crippen LogP contribution in [0.5, 0.6) is 0 Å². The van der Waals surface area contributed by atoms with Gasteiger partial charge < -0.3 is 20.2 Å². The van der Waals surface area contributed by atoms with Crippen LogP contribution in [0.3, 0.4) is 0 Å². The van der Waals surface area contributed by atoms with E-state index in [1.165, 1.54) is 12.3 Å². The second-order valence-electron chi connectivity index (χ2n) is 3.11. The van der Waals surface area contributed by atoms with E-state index in [2.05, 4.69) is 10.3 Å². The molecule has 0 spiro atoms. The molecule has 0 fully saturated rings. The van der Waals surface area contributed by atoms with E-state index in [4.69, 9.17) is 4.74 Å². The summed E-state index contributed by atoms with van der Waals surface area (Å²) in [7, 11) is 0. The van der Waals surface area contributed by atoms with Gasteiger partial charge in [0.1, 0.15) is 6.20 Å². The lowest BCUT2D eigenvalue weighted by Crippen LogP contribution is -2.27. The van der Waals surface area contributed by atoms with Crippen molar-refractivity contribution in [2.45, 2.75) is 6.92 Å². The first-order chi connectivity index (χ1) is 8.15. The fourth-order valence-electron chi connectivity index (χ4n) is 1.14. The van der Waals surface area contributed by atoms with Gasteiger partial charge in [-0.25, -0.2) is 0 Å². The maximum absolute atomic E-state index is 11.6. The van der Waals surface area contributed by atoms with Crippen LogP contribution in [0, 0.1) is 10.1 Å². The summed E-state index contributed by atoms with van der Waals surface area (Å²) < 4.78 is 5.05. The predicted molar refractivity (Wildman–Crippen MR) is 59.7 cm³/mol. The summed E-state index contributed by atoms with van der Waals surface area (Å²) >= 11 is 0. The highest BCUT2D eigenvalue weighted by molar-refractivity contribution is 5.94. The molecule has 7 nitrogen and oxygen atoms in total. The Morgan fingerprint density at radius 2 is 2.41 bits per heavy atom. The van der Waals surface area contributed by atoms with Crippen LogP contribution in [-0.4, -0.2) is 35.6 Å². The largest absolute Gasteiger partial charge is 0.380 e. The zero-order valence-corrected chi connectivity index (χ0v) is 9.38. The maximum Gasteiger partial charge on any atom is 0.364 e. The number of aromatic nitrogens is 1. The lowest BCUT2D eigenvalue weighted by Gasteiger charge is -2.04. The third-order valence-electron chi connectivity index (χ3n) is 1.93. The Balaban J connectivity index is 2.56. The van der Waals surface area contributed by atoms with Crippen molar-refractivity contribution >= 4 is 11.7 Å². The number of ether oxygens (including phenoxy) is 1. The van der Waals surface area contributed by atoms with Crippen LogP contribution in [0.15, 0.2) is 18.3 Å². The molecule has 7 heteroatoms. The van der Waals surface area contributed by atoms with E-state index in [-0.39, 0.29) is 17.3 Å². The average Bonchev–Trinajstić information content (AvgIpc) is 2.34. The second kappa shape index (κ2) is 6.54. The molecule has 1 amide bonds. The number of carbonyl (C=O) groups excluding carboxylic acids is 1. The summed E-state index contributed by atoms with van der Waals surface area (Å²) in [6.07, 6.45) is 1.23. The molecular weight excluding hydrogens is 226 g/mol. The lowest BCUT2D eigenvalue weighted by atomic mass is 10.2. The molecule has 0 unspecified atom stereocenters. The standard InChI is InChI=1S/C10H13N3O4/c1-2-17-6-5-12-10(14)8-3-4-11-9(7-8)13(15)16/h3-4,7H,2,5-6H2,1H3,(H,12,14). The van der Waals surface area contributed by atoms with Gasteiger partial charge in [0.2, 0.25) is 0 Å². The Morgan fingerprint density at radius 1 is 1.65 bits per heavy atom. The number of nitro groups is 1. The number of rotatable bonds is 6. The molecule has 0 radical (unpaired) electrons. The number of nitrogens with one attached hydrogen (secondary N) is 1. The van der Waals surface area contributed by atoms with Crippen molar-refractivity contribution in [3.8, 4) is 0 Å². The van der Waals surface area contributed by atoms with Gasteiger partial charge in [-0.15, -0.1) is 0 Å². The topological polar surface area (TPSA) is 94.4 Å². The van der Waals surface area contributed by atoms with E-state index in [0.717, 1.165) is 6.07 Å². The molecular formula is C10H13N3O4. The summed E-state index contributed by atoms with van der Waals surface area (Å²) in [6, 6.07) is 2.55. The highest BCUT2D eigenvalue weighted by Gasteiger charge is 2.12. The minimum atomic E-state index is -0.642. The smallest absolute Gasteiger partial charge is 0.364 e. The SMILES string of the molecule is CCOCCNC(=O)c1ccnc([N+](=O)[O-])c1. The molecule has 0 aliphatic heterocycles. The highest BCUT2D eigenvalue weighted by Crippen LogP contribution is 2.08. The normalized spacial score (nSPS) is 9.94. The zero-order chi connectivity index (χ0) is 12.7. The van der Waals surface area contributed by atoms with Gasteiger partial charge in [-0.2, -0.15) is 0 Å². The first-order valence-corrected chi connectivity index (χ1v) is 5.11. The van der Waals surface area contributed by atoms with Crippen LogP contribution in [-0.2, 0) is 4.74 Å². The van der Waals surface area contributed by atoms with E-state index >= 15 is 0 Å². The van der Waals surface area contributed by atoms with Crippen LogP contribution >= 0.6 is 0 Å². The third-order valence-corrected chi connectivity index (χ3v) is 1.93. The monoisotopic (exact) mass is 239 g/mol. The molecule has 1 N–H and O–H groups in total. The van der Waals surface area contributed by atoms with Gasteiger partial charge >= 0.3 is 5.82 Å². The molecule has 1 aromatic rings. The maximum atomic E-state index is 11.6. The number of nitrogens with zero attached hydrogens (tertiary/aromatic N) is 2. The summed E-state index contributed by atoms with van der Waals surface area (Å²) in [4.78, 5) is 24.9. The average molecular weight is 239 g/mol. The van der Waals surface area contributed by atoms with E-state index in [1.807, 2.05) is 6.92 Å². The summed E-state index contributed by atoms with van der Waals surface area (Å²) in [5.41, 5.74) is 0.211. The van der Waals surface area contributed by atoms with Crippen LogP contribution in [0.1, 0.15) is 17.3 Å². The molecule has 0 aliphatic carbocycles. The van der Waals surface area contributed by atoms with Crippen molar-refractivity contribution in [2.75, 3.05) is 19.8 Å². The number of amides is 1. The van der Waals surface area contributed by atoms with Crippen LogP contribution in [0.2, 0.25) is 0 Å². The Bertz CT molecular complexity index is 408. The summed E-state index contributed by atoms with van der Waals surface area (Å²) in [5.74, 6) is -0.724. The fraction of sp³-hybridized carbons (Fsp3) is 0.400. The van der Waals surface area contributed by atoms with Crippen LogP contribution < -0.4 is 5.32 Å². The Morgan fingerprint density at radius 3 is 3.06 bits per heavy atom. The van der Waals surface area contributed by atoms with Gasteiger partial charge in [0.25, 0.3) is 5.91 Å². The van der Waals surface area contributed by atoms with Crippen LogP contribution in [0.4, 0.5) is 5.82 Å². The molecule has 0 bridgehead atoms. The summed E-state index contributed by atoms with van der Waals surface area (Å²) in [5, 5.41) is 13.1. The van der Waals surface area contributed by atoms with Gasteiger partial charge in [0, 0.05) is 19.2 Å². The van der Waals surface area contributed by atoms with Crippen molar-refractivity contribution in [1.29, 1.82) is 0 Å². The fourth-order valence-corrected chi connectivity index (χ4v) is 1.14. The van der Waals surface area contributed by atoms with Gasteiger partial charge in [-0.05, 0) is 22.9 Å². The number of pyridine rings is 1. The van der Waals surface area contributed by atoms with Crippen molar-refractivity contribution < 1.29 is 14.5 Å². The minimum absolute atomic E-state index is 0.211. The molecule has 0 saturated carbocycles. The Kier molecular flexibility index (Phi) is 5.02. The molecule has 1 heterocycles. The van der Waals surface area contributed by atoms with Crippen LogP contribution in [0.25, 0.3) is 0 Å². The highest BCUT2D eigenvalue weighted by atomic mass is 16.6. The molecule has 0 saturated heterocycles. The summed E-state index contributed by atoms with van der Waals surface area (Å²) in [6.45, 7) is 3.21. The Labute approximate surface area is 98.0 Å². The van der Waals surface area contributed by atoms with E-state index in [9.17, 15) is 14.9 Å². The first kappa shape index (κ1) is 13.0. The quantitative estimate of drug-likeness (QED) is 0.449. The van der Waals surface area contributed by atoms with E-state index in [0.29, 0.717) is 19.8 Å². The Hall–Kier alpha value is -2.02. The van der Waals surface area contributed by atoms with Gasteiger partial charge in [-0.1, -0.05) is 0 Å². The van der Waals surface area contributed by atoms with Gasteiger partial charge in [0.15, 0.2) is 0 Å². The third kappa shape index (κ3) is 4.15. The number of hydrogen-bond donors (Lipinski definition) is 1. The van der Waals surface area contributed by atoms with E-state index in [1.54, 1.807) is 0 Å².